The van der Waals surface area contributed by atoms with E-state index in [1.54, 1.807) is 12.4 Å². The molecule has 156 valence electrons. The van der Waals surface area contributed by atoms with Gasteiger partial charge in [-0.1, -0.05) is 44.2 Å². The molecule has 0 radical (unpaired) electrons. The Morgan fingerprint density at radius 1 is 1.06 bits per heavy atom. The second kappa shape index (κ2) is 8.08. The predicted molar refractivity (Wildman–Crippen MR) is 124 cm³/mol. The fourth-order valence-electron chi connectivity index (χ4n) is 4.51. The van der Waals surface area contributed by atoms with Gasteiger partial charge in [0.2, 0.25) is 0 Å². The van der Waals surface area contributed by atoms with Crippen molar-refractivity contribution in [1.29, 1.82) is 0 Å². The third-order valence-corrected chi connectivity index (χ3v) is 6.07. The molecule has 0 amide bonds. The van der Waals surface area contributed by atoms with Crippen LogP contribution in [-0.4, -0.2) is 34.0 Å². The van der Waals surface area contributed by atoms with E-state index in [1.807, 2.05) is 30.3 Å². The normalized spacial score (nSPS) is 16.7. The first-order valence-corrected chi connectivity index (χ1v) is 10.9. The van der Waals surface area contributed by atoms with Gasteiger partial charge in [-0.15, -0.1) is 0 Å². The van der Waals surface area contributed by atoms with Crippen LogP contribution in [0.2, 0.25) is 0 Å². The van der Waals surface area contributed by atoms with Gasteiger partial charge in [0, 0.05) is 35.5 Å². The molecule has 1 atom stereocenters. The smallest absolute Gasteiger partial charge is 0.155 e. The molecule has 1 aromatic carbocycles. The van der Waals surface area contributed by atoms with Crippen LogP contribution in [0.15, 0.2) is 70.3 Å². The van der Waals surface area contributed by atoms with E-state index in [-0.39, 0.29) is 0 Å². The van der Waals surface area contributed by atoms with Crippen LogP contribution in [-0.2, 0) is 6.42 Å². The lowest BCUT2D eigenvalue weighted by Crippen LogP contribution is -2.37. The molecular formula is C26H26N4O. The van der Waals surface area contributed by atoms with E-state index >= 15 is 0 Å². The number of hydrogen-bond acceptors (Lipinski definition) is 5. The first-order chi connectivity index (χ1) is 15.2. The van der Waals surface area contributed by atoms with Gasteiger partial charge in [-0.3, -0.25) is 9.88 Å². The highest BCUT2D eigenvalue weighted by Crippen LogP contribution is 2.34. The summed E-state index contributed by atoms with van der Waals surface area (Å²) >= 11 is 0. The molecule has 1 aliphatic heterocycles. The Kier molecular flexibility index (Phi) is 5.12. The summed E-state index contributed by atoms with van der Waals surface area (Å²) < 4.78 is 6.50. The minimum atomic E-state index is 0.338. The topological polar surface area (TPSA) is 54.5 Å². The highest BCUT2D eigenvalue weighted by Gasteiger charge is 2.26. The Bertz CT molecular complexity index is 1300. The van der Waals surface area contributed by atoms with Gasteiger partial charge in [-0.2, -0.15) is 0 Å². The van der Waals surface area contributed by atoms with Crippen LogP contribution < -0.4 is 5.36 Å². The number of nitrogens with zero attached hydrogens (tertiary/aromatic N) is 4. The molecule has 0 saturated carbocycles. The highest BCUT2D eigenvalue weighted by atomic mass is 16.3. The fourth-order valence-corrected chi connectivity index (χ4v) is 4.51. The summed E-state index contributed by atoms with van der Waals surface area (Å²) in [6.45, 7) is 8.57. The largest absolute Gasteiger partial charge is 0.457 e. The number of rotatable bonds is 4. The number of hydrogen-bond donors (Lipinski definition) is 0. The summed E-state index contributed by atoms with van der Waals surface area (Å²) in [6.07, 6.45) is 6.69. The van der Waals surface area contributed by atoms with Gasteiger partial charge in [0.25, 0.3) is 0 Å². The van der Waals surface area contributed by atoms with Crippen molar-refractivity contribution in [3.05, 3.63) is 77.7 Å². The molecule has 3 aliphatic rings. The molecule has 0 saturated heterocycles. The van der Waals surface area contributed by atoms with E-state index in [0.717, 1.165) is 64.2 Å². The number of aromatic nitrogens is 2. The van der Waals surface area contributed by atoms with Crippen molar-refractivity contribution in [2.24, 2.45) is 4.99 Å². The summed E-state index contributed by atoms with van der Waals surface area (Å²) in [4.78, 5) is 16.6. The van der Waals surface area contributed by atoms with Crippen molar-refractivity contribution in [3.8, 4) is 11.5 Å². The Labute approximate surface area is 182 Å². The van der Waals surface area contributed by atoms with E-state index in [1.165, 1.54) is 5.57 Å². The lowest BCUT2D eigenvalue weighted by Gasteiger charge is -2.31. The van der Waals surface area contributed by atoms with Gasteiger partial charge in [0.1, 0.15) is 17.1 Å². The molecule has 2 heterocycles. The third-order valence-electron chi connectivity index (χ3n) is 6.07. The standard InChI is InChI=1S/C26H26N4O/c1-4-30(5-2)19-13-17(3)25-23(14-19)31-24-15-22(28-18-9-8-12-27-16-18)20-10-6-7-11-21(20)26(24)29-25/h6-13,15-16,19H,4-5,14H2,1-3H3. The van der Waals surface area contributed by atoms with Crippen molar-refractivity contribution in [3.63, 3.8) is 0 Å². The van der Waals surface area contributed by atoms with Crippen LogP contribution in [0.3, 0.4) is 0 Å². The second-order valence-corrected chi connectivity index (χ2v) is 7.94. The van der Waals surface area contributed by atoms with E-state index < -0.39 is 0 Å². The van der Waals surface area contributed by atoms with Gasteiger partial charge in [-0.05, 0) is 37.7 Å². The number of likely N-dealkylation sites (N-methyl/N-ethyl adjacent to an activating group) is 1. The summed E-state index contributed by atoms with van der Waals surface area (Å²) in [6, 6.07) is 14.5. The summed E-state index contributed by atoms with van der Waals surface area (Å²) in [5, 5.41) is 2.97. The Hall–Kier alpha value is -3.31. The van der Waals surface area contributed by atoms with Gasteiger partial charge in [0.15, 0.2) is 5.76 Å². The molecule has 0 spiro atoms. The highest BCUT2D eigenvalue weighted by molar-refractivity contribution is 5.95. The molecule has 5 rings (SSSR count). The summed E-state index contributed by atoms with van der Waals surface area (Å²) in [7, 11) is 0. The lowest BCUT2D eigenvalue weighted by molar-refractivity contribution is 0.241. The van der Waals surface area contributed by atoms with E-state index in [9.17, 15) is 0 Å². The zero-order valence-electron chi connectivity index (χ0n) is 18.2. The zero-order valence-corrected chi connectivity index (χ0v) is 18.2. The SMILES string of the molecule is CCN(CC)C1C=C(C)c2nc3c4ccccc4c(=Nc4cccnc4)cc-3oc2C1. The molecule has 0 bridgehead atoms. The quantitative estimate of drug-likeness (QED) is 0.432. The minimum Gasteiger partial charge on any atom is -0.457 e. The van der Waals surface area contributed by atoms with Crippen LogP contribution in [0.25, 0.3) is 27.8 Å². The van der Waals surface area contributed by atoms with Gasteiger partial charge in [0.05, 0.1) is 17.2 Å². The fraction of sp³-hybridized carbons (Fsp3) is 0.269. The van der Waals surface area contributed by atoms with Crippen LogP contribution >= 0.6 is 0 Å². The summed E-state index contributed by atoms with van der Waals surface area (Å²) in [5.74, 6) is 1.72. The Balaban J connectivity index is 1.74. The molecule has 0 N–H and O–H groups in total. The van der Waals surface area contributed by atoms with Crippen molar-refractivity contribution in [1.82, 2.24) is 14.9 Å². The third kappa shape index (κ3) is 3.55. The van der Waals surface area contributed by atoms with E-state index in [0.29, 0.717) is 6.04 Å². The maximum atomic E-state index is 6.50. The number of fused-ring (bicyclic) bond motifs is 4. The van der Waals surface area contributed by atoms with Gasteiger partial charge < -0.3 is 4.42 Å². The molecule has 5 heteroatoms. The van der Waals surface area contributed by atoms with Crippen LogP contribution in [0, 0.1) is 0 Å². The van der Waals surface area contributed by atoms with Crippen LogP contribution in [0.4, 0.5) is 5.69 Å². The monoisotopic (exact) mass is 410 g/mol. The average molecular weight is 411 g/mol. The number of pyridine rings is 1. The maximum Gasteiger partial charge on any atom is 0.155 e. The Morgan fingerprint density at radius 2 is 1.87 bits per heavy atom. The van der Waals surface area contributed by atoms with Crippen molar-refractivity contribution < 1.29 is 4.42 Å². The zero-order chi connectivity index (χ0) is 21.4. The second-order valence-electron chi connectivity index (χ2n) is 7.94. The molecule has 31 heavy (non-hydrogen) atoms. The molecular weight excluding hydrogens is 384 g/mol. The summed E-state index contributed by atoms with van der Waals surface area (Å²) in [5.41, 5.74) is 3.85. The van der Waals surface area contributed by atoms with E-state index in [2.05, 4.69) is 48.9 Å². The number of benzene rings is 2. The molecule has 0 fully saturated rings. The molecule has 2 aliphatic carbocycles. The maximum absolute atomic E-state index is 6.50. The number of allylic oxidation sites excluding steroid dienone is 1. The van der Waals surface area contributed by atoms with Crippen LogP contribution in [0.1, 0.15) is 32.2 Å². The first kappa shape index (κ1) is 19.6. The van der Waals surface area contributed by atoms with Crippen molar-refractivity contribution in [2.45, 2.75) is 33.2 Å². The molecule has 1 aromatic heterocycles. The van der Waals surface area contributed by atoms with Crippen LogP contribution in [0.5, 0.6) is 0 Å². The van der Waals surface area contributed by atoms with Gasteiger partial charge >= 0.3 is 0 Å². The van der Waals surface area contributed by atoms with Crippen molar-refractivity contribution >= 4 is 22.0 Å². The predicted octanol–water partition coefficient (Wildman–Crippen LogP) is 5.23. The van der Waals surface area contributed by atoms with E-state index in [4.69, 9.17) is 14.4 Å². The molecule has 2 aromatic rings. The Morgan fingerprint density at radius 3 is 2.61 bits per heavy atom. The average Bonchev–Trinajstić information content (AvgIpc) is 2.80. The molecule has 5 nitrogen and oxygen atoms in total. The lowest BCUT2D eigenvalue weighted by atomic mass is 9.95. The van der Waals surface area contributed by atoms with Gasteiger partial charge in [-0.25, -0.2) is 9.98 Å². The van der Waals surface area contributed by atoms with Crippen molar-refractivity contribution in [2.75, 3.05) is 13.1 Å². The first-order valence-electron chi connectivity index (χ1n) is 10.9. The molecule has 1 unspecified atom stereocenters. The minimum absolute atomic E-state index is 0.338.